The zero-order valence-corrected chi connectivity index (χ0v) is 14.8. The third kappa shape index (κ3) is 2.51. The molecule has 0 bridgehead atoms. The summed E-state index contributed by atoms with van der Waals surface area (Å²) in [4.78, 5) is 5.52. The predicted octanol–water partition coefficient (Wildman–Crippen LogP) is 3.55. The van der Waals surface area contributed by atoms with Gasteiger partial charge < -0.3 is 9.84 Å². The van der Waals surface area contributed by atoms with E-state index in [9.17, 15) is 5.11 Å². The molecule has 2 aliphatic carbocycles. The van der Waals surface area contributed by atoms with Crippen LogP contribution in [0.1, 0.15) is 45.4 Å². The van der Waals surface area contributed by atoms with Crippen molar-refractivity contribution >= 4 is 0 Å². The van der Waals surface area contributed by atoms with Crippen LogP contribution in [0, 0.1) is 17.3 Å². The van der Waals surface area contributed by atoms with Crippen molar-refractivity contribution < 1.29 is 14.7 Å². The van der Waals surface area contributed by atoms with Crippen LogP contribution in [0.3, 0.4) is 0 Å². The van der Waals surface area contributed by atoms with Gasteiger partial charge in [-0.05, 0) is 50.5 Å². The molecule has 4 rings (SSSR count). The van der Waals surface area contributed by atoms with E-state index in [1.54, 1.807) is 7.11 Å². The van der Waals surface area contributed by atoms with E-state index in [0.717, 1.165) is 38.0 Å². The van der Waals surface area contributed by atoms with Gasteiger partial charge in [-0.25, -0.2) is 0 Å². The van der Waals surface area contributed by atoms with Crippen molar-refractivity contribution in [1.82, 2.24) is 5.06 Å². The topological polar surface area (TPSA) is 41.9 Å². The first-order chi connectivity index (χ1) is 11.5. The van der Waals surface area contributed by atoms with Crippen molar-refractivity contribution in [3.05, 3.63) is 35.8 Å². The molecule has 0 aromatic heterocycles. The molecular weight excluding hydrogens is 302 g/mol. The summed E-state index contributed by atoms with van der Waals surface area (Å²) in [6, 6.07) is 0. The molecule has 2 heterocycles. The second-order valence-corrected chi connectivity index (χ2v) is 8.18. The second-order valence-electron chi connectivity index (χ2n) is 8.18. The molecule has 1 fully saturated rings. The van der Waals surface area contributed by atoms with Crippen molar-refractivity contribution in [2.24, 2.45) is 17.3 Å². The average molecular weight is 331 g/mol. The Morgan fingerprint density at radius 2 is 2.33 bits per heavy atom. The molecule has 1 saturated carbocycles. The Morgan fingerprint density at radius 3 is 3.08 bits per heavy atom. The largest absolute Gasteiger partial charge is 0.493 e. The Balaban J connectivity index is 1.74. The number of hydrogen-bond acceptors (Lipinski definition) is 4. The van der Waals surface area contributed by atoms with Crippen LogP contribution >= 0.6 is 0 Å². The fourth-order valence-electron chi connectivity index (χ4n) is 5.54. The summed E-state index contributed by atoms with van der Waals surface area (Å²) in [5, 5.41) is 12.2. The number of nitrogens with zero attached hydrogens (tertiary/aromatic N) is 1. The van der Waals surface area contributed by atoms with E-state index >= 15 is 0 Å². The second kappa shape index (κ2) is 5.92. The third-order valence-corrected chi connectivity index (χ3v) is 6.32. The Bertz CT molecular complexity index is 596. The highest BCUT2D eigenvalue weighted by atomic mass is 16.7. The van der Waals surface area contributed by atoms with Crippen molar-refractivity contribution in [2.45, 2.75) is 57.7 Å². The Morgan fingerprint density at radius 1 is 1.50 bits per heavy atom. The quantitative estimate of drug-likeness (QED) is 0.803. The van der Waals surface area contributed by atoms with Crippen LogP contribution in [-0.2, 0) is 9.57 Å². The van der Waals surface area contributed by atoms with Crippen LogP contribution in [-0.4, -0.2) is 36.0 Å². The van der Waals surface area contributed by atoms with Crippen LogP contribution in [0.15, 0.2) is 35.8 Å². The molecule has 0 aromatic carbocycles. The van der Waals surface area contributed by atoms with Gasteiger partial charge in [-0.1, -0.05) is 11.6 Å². The van der Waals surface area contributed by atoms with Crippen molar-refractivity contribution in [2.75, 3.05) is 13.7 Å². The van der Waals surface area contributed by atoms with Gasteiger partial charge in [0, 0.05) is 18.5 Å². The predicted molar refractivity (Wildman–Crippen MR) is 92.7 cm³/mol. The Labute approximate surface area is 144 Å². The number of aliphatic hydroxyl groups excluding tert-OH is 1. The van der Waals surface area contributed by atoms with E-state index in [1.807, 2.05) is 5.06 Å². The van der Waals surface area contributed by atoms with Gasteiger partial charge in [0.05, 0.1) is 30.9 Å². The molecule has 24 heavy (non-hydrogen) atoms. The van der Waals surface area contributed by atoms with Gasteiger partial charge in [0.2, 0.25) is 0 Å². The number of allylic oxidation sites excluding steroid dienone is 1. The normalized spacial score (nSPS) is 40.7. The number of rotatable bonds is 3. The van der Waals surface area contributed by atoms with Crippen molar-refractivity contribution in [3.8, 4) is 0 Å². The average Bonchev–Trinajstić information content (AvgIpc) is 2.74. The smallest absolute Gasteiger partial charge is 0.111 e. The van der Waals surface area contributed by atoms with E-state index in [1.165, 1.54) is 17.6 Å². The van der Waals surface area contributed by atoms with Crippen LogP contribution < -0.4 is 0 Å². The lowest BCUT2D eigenvalue weighted by molar-refractivity contribution is -0.0967. The van der Waals surface area contributed by atoms with E-state index in [2.05, 4.69) is 25.8 Å². The SMILES string of the molecule is C=C(C)CC1CC[C@@H]2OC3=C4[C@H](C[C@@H](O)C3)CN(OC)C=CC42C1. The van der Waals surface area contributed by atoms with Crippen molar-refractivity contribution in [1.29, 1.82) is 0 Å². The number of ether oxygens (including phenoxy) is 1. The first kappa shape index (κ1) is 16.2. The molecule has 0 saturated heterocycles. The Hall–Kier alpha value is -1.26. The molecule has 4 aliphatic rings. The van der Waals surface area contributed by atoms with Gasteiger partial charge in [-0.3, -0.25) is 9.90 Å². The molecule has 1 N–H and O–H groups in total. The van der Waals surface area contributed by atoms with Gasteiger partial charge in [0.1, 0.15) is 6.10 Å². The monoisotopic (exact) mass is 331 g/mol. The lowest BCUT2D eigenvalue weighted by Gasteiger charge is -2.42. The highest BCUT2D eigenvalue weighted by Crippen LogP contribution is 2.59. The molecule has 4 nitrogen and oxygen atoms in total. The van der Waals surface area contributed by atoms with Gasteiger partial charge in [0.15, 0.2) is 0 Å². The summed E-state index contributed by atoms with van der Waals surface area (Å²) in [7, 11) is 1.72. The molecule has 4 heteroatoms. The molecule has 2 unspecified atom stereocenters. The maximum absolute atomic E-state index is 10.3. The molecular formula is C20H29NO3. The zero-order chi connectivity index (χ0) is 16.9. The third-order valence-electron chi connectivity index (χ3n) is 6.32. The maximum Gasteiger partial charge on any atom is 0.111 e. The van der Waals surface area contributed by atoms with Gasteiger partial charge in [0.25, 0.3) is 0 Å². The van der Waals surface area contributed by atoms with Crippen LogP contribution in [0.25, 0.3) is 0 Å². The summed E-state index contributed by atoms with van der Waals surface area (Å²) in [5.41, 5.74) is 2.72. The standard InChI is InChI=1S/C20H29NO3/c1-13(2)8-14-4-5-18-20(11-14)6-7-21(23-3)12-15-9-16(22)10-17(24-18)19(15)20/h6-7,14-16,18,22H,1,4-5,8-12H2,2-3H3/t14?,15-,16-,18+,20?/m1/s1. The minimum atomic E-state index is -0.297. The lowest BCUT2D eigenvalue weighted by Crippen LogP contribution is -2.41. The first-order valence-electron chi connectivity index (χ1n) is 9.24. The van der Waals surface area contributed by atoms with Crippen LogP contribution in [0.5, 0.6) is 0 Å². The van der Waals surface area contributed by atoms with Gasteiger partial charge in [-0.2, -0.15) is 0 Å². The molecule has 0 radical (unpaired) electrons. The van der Waals surface area contributed by atoms with Gasteiger partial charge >= 0.3 is 0 Å². The zero-order valence-electron chi connectivity index (χ0n) is 14.8. The van der Waals surface area contributed by atoms with E-state index in [0.29, 0.717) is 18.3 Å². The summed E-state index contributed by atoms with van der Waals surface area (Å²) in [6.45, 7) is 7.06. The fraction of sp³-hybridized carbons (Fsp3) is 0.700. The number of hydrogen-bond donors (Lipinski definition) is 1. The maximum atomic E-state index is 10.3. The molecule has 2 aliphatic heterocycles. The lowest BCUT2D eigenvalue weighted by atomic mass is 9.60. The highest BCUT2D eigenvalue weighted by molar-refractivity contribution is 5.38. The van der Waals surface area contributed by atoms with E-state index in [-0.39, 0.29) is 17.6 Å². The molecule has 132 valence electrons. The minimum Gasteiger partial charge on any atom is -0.493 e. The molecule has 5 atom stereocenters. The van der Waals surface area contributed by atoms with Crippen molar-refractivity contribution in [3.63, 3.8) is 0 Å². The van der Waals surface area contributed by atoms with Crippen LogP contribution in [0.4, 0.5) is 0 Å². The molecule has 0 amide bonds. The van der Waals surface area contributed by atoms with Crippen LogP contribution in [0.2, 0.25) is 0 Å². The Kier molecular flexibility index (Phi) is 4.00. The highest BCUT2D eigenvalue weighted by Gasteiger charge is 2.56. The number of aliphatic hydroxyl groups is 1. The summed E-state index contributed by atoms with van der Waals surface area (Å²) in [5.74, 6) is 2.05. The first-order valence-corrected chi connectivity index (χ1v) is 9.24. The van der Waals surface area contributed by atoms with Gasteiger partial charge in [-0.15, -0.1) is 6.58 Å². The molecule has 0 aromatic rings. The summed E-state index contributed by atoms with van der Waals surface area (Å²) >= 11 is 0. The minimum absolute atomic E-state index is 0.00815. The molecule has 1 spiro atoms. The number of hydroxylamine groups is 2. The summed E-state index contributed by atoms with van der Waals surface area (Å²) < 4.78 is 6.41. The summed E-state index contributed by atoms with van der Waals surface area (Å²) in [6.07, 6.45) is 10.4. The van der Waals surface area contributed by atoms with E-state index < -0.39 is 0 Å². The fourth-order valence-corrected chi connectivity index (χ4v) is 5.54. The van der Waals surface area contributed by atoms with E-state index in [4.69, 9.17) is 9.57 Å².